The highest BCUT2D eigenvalue weighted by Gasteiger charge is 2.35. The van der Waals surface area contributed by atoms with Gasteiger partial charge in [0.2, 0.25) is 0 Å². The van der Waals surface area contributed by atoms with Crippen molar-refractivity contribution in [1.29, 1.82) is 0 Å². The quantitative estimate of drug-likeness (QED) is 0.848. The second kappa shape index (κ2) is 6.39. The van der Waals surface area contributed by atoms with Gasteiger partial charge in [0.1, 0.15) is 0 Å². The number of amides is 1. The van der Waals surface area contributed by atoms with Crippen molar-refractivity contribution < 1.29 is 14.7 Å². The summed E-state index contributed by atoms with van der Waals surface area (Å²) in [6.45, 7) is 4.24. The van der Waals surface area contributed by atoms with Gasteiger partial charge < -0.3 is 10.4 Å². The number of hydrogen-bond donors (Lipinski definition) is 2. The fraction of sp³-hybridized carbons (Fsp3) is 0.600. The Morgan fingerprint density at radius 1 is 1.40 bits per heavy atom. The van der Waals surface area contributed by atoms with Crippen molar-refractivity contribution in [2.75, 3.05) is 0 Å². The molecule has 1 saturated carbocycles. The van der Waals surface area contributed by atoms with Crippen LogP contribution in [-0.4, -0.2) is 23.0 Å². The van der Waals surface area contributed by atoms with E-state index in [1.807, 2.05) is 6.07 Å². The zero-order valence-electron chi connectivity index (χ0n) is 11.9. The number of thiophene rings is 1. The fourth-order valence-corrected chi connectivity index (χ4v) is 3.77. The Balaban J connectivity index is 1.94. The summed E-state index contributed by atoms with van der Waals surface area (Å²) in [5, 5.41) is 11.8. The summed E-state index contributed by atoms with van der Waals surface area (Å²) < 4.78 is 0. The minimum absolute atomic E-state index is 0.0189. The van der Waals surface area contributed by atoms with Crippen molar-refractivity contribution in [3.8, 4) is 0 Å². The first-order valence-corrected chi connectivity index (χ1v) is 8.02. The lowest BCUT2D eigenvalue weighted by atomic mass is 9.80. The van der Waals surface area contributed by atoms with Crippen LogP contribution in [-0.2, 0) is 17.6 Å². The van der Waals surface area contributed by atoms with Crippen molar-refractivity contribution in [3.05, 3.63) is 21.4 Å². The van der Waals surface area contributed by atoms with Crippen LogP contribution >= 0.6 is 11.3 Å². The van der Waals surface area contributed by atoms with Gasteiger partial charge in [0.25, 0.3) is 5.91 Å². The van der Waals surface area contributed by atoms with Gasteiger partial charge in [0.05, 0.1) is 10.8 Å². The van der Waals surface area contributed by atoms with Gasteiger partial charge in [-0.15, -0.1) is 11.3 Å². The molecule has 0 aromatic carbocycles. The summed E-state index contributed by atoms with van der Waals surface area (Å²) in [6.07, 6.45) is 4.15. The monoisotopic (exact) mass is 295 g/mol. The van der Waals surface area contributed by atoms with E-state index < -0.39 is 5.97 Å². The van der Waals surface area contributed by atoms with E-state index in [9.17, 15) is 9.59 Å². The van der Waals surface area contributed by atoms with Gasteiger partial charge in [-0.05, 0) is 37.3 Å². The smallest absolute Gasteiger partial charge is 0.306 e. The number of carbonyl (C=O) groups excluding carboxylic acids is 1. The highest BCUT2D eigenvalue weighted by molar-refractivity contribution is 7.14. The number of rotatable bonds is 6. The van der Waals surface area contributed by atoms with Gasteiger partial charge in [-0.3, -0.25) is 9.59 Å². The lowest BCUT2D eigenvalue weighted by molar-refractivity contribution is -0.145. The van der Waals surface area contributed by atoms with Crippen LogP contribution in [0.25, 0.3) is 0 Å². The average Bonchev–Trinajstić information content (AvgIpc) is 2.76. The molecule has 0 saturated heterocycles. The molecule has 110 valence electrons. The van der Waals surface area contributed by atoms with Gasteiger partial charge in [-0.2, -0.15) is 0 Å². The number of nitrogens with one attached hydrogen (secondary N) is 1. The second-order valence-corrected chi connectivity index (χ2v) is 6.48. The van der Waals surface area contributed by atoms with Crippen LogP contribution in [0.4, 0.5) is 0 Å². The molecular weight excluding hydrogens is 274 g/mol. The van der Waals surface area contributed by atoms with E-state index in [1.54, 1.807) is 11.3 Å². The third kappa shape index (κ3) is 3.20. The average molecular weight is 295 g/mol. The van der Waals surface area contributed by atoms with Crippen LogP contribution in [0.1, 0.15) is 53.2 Å². The number of aryl methyl sites for hydroxylation is 2. The first-order chi connectivity index (χ1) is 9.55. The van der Waals surface area contributed by atoms with E-state index in [0.717, 1.165) is 24.1 Å². The van der Waals surface area contributed by atoms with Crippen molar-refractivity contribution >= 4 is 23.2 Å². The van der Waals surface area contributed by atoms with Crippen LogP contribution in [0.2, 0.25) is 0 Å². The van der Waals surface area contributed by atoms with Crippen LogP contribution < -0.4 is 5.32 Å². The first-order valence-electron chi connectivity index (χ1n) is 7.20. The maximum atomic E-state index is 12.2. The highest BCUT2D eigenvalue weighted by atomic mass is 32.1. The minimum Gasteiger partial charge on any atom is -0.481 e. The molecule has 4 nitrogen and oxygen atoms in total. The Morgan fingerprint density at radius 2 is 2.10 bits per heavy atom. The summed E-state index contributed by atoms with van der Waals surface area (Å²) in [4.78, 5) is 24.9. The number of carbonyl (C=O) groups is 2. The van der Waals surface area contributed by atoms with E-state index >= 15 is 0 Å². The van der Waals surface area contributed by atoms with Crippen molar-refractivity contribution in [3.63, 3.8) is 0 Å². The van der Waals surface area contributed by atoms with E-state index in [1.165, 1.54) is 10.4 Å². The lowest BCUT2D eigenvalue weighted by Gasteiger charge is -2.32. The Bertz CT molecular complexity index is 503. The maximum absolute atomic E-state index is 12.2. The van der Waals surface area contributed by atoms with E-state index in [0.29, 0.717) is 12.8 Å². The number of aliphatic carboxylic acids is 1. The summed E-state index contributed by atoms with van der Waals surface area (Å²) in [6, 6.07) is 2.00. The molecular formula is C15H21NO3S. The third-order valence-electron chi connectivity index (χ3n) is 3.80. The molecule has 5 heteroatoms. The Hall–Kier alpha value is -1.36. The molecule has 0 atom stereocenters. The lowest BCUT2D eigenvalue weighted by Crippen LogP contribution is -2.46. The van der Waals surface area contributed by atoms with Gasteiger partial charge in [-0.25, -0.2) is 0 Å². The molecule has 1 aliphatic rings. The summed E-state index contributed by atoms with van der Waals surface area (Å²) in [5.41, 5.74) is 1.26. The first kappa shape index (κ1) is 15.0. The molecule has 0 spiro atoms. The molecule has 0 unspecified atom stereocenters. The second-order valence-electron chi connectivity index (χ2n) is 5.34. The van der Waals surface area contributed by atoms with Gasteiger partial charge in [0, 0.05) is 10.9 Å². The van der Waals surface area contributed by atoms with Crippen molar-refractivity contribution in [2.24, 2.45) is 5.92 Å². The highest BCUT2D eigenvalue weighted by Crippen LogP contribution is 2.29. The molecule has 0 aliphatic heterocycles. The SMILES string of the molecule is CCCc1sc(C(=O)NC2CC(C(=O)O)C2)cc1CC. The third-order valence-corrected chi connectivity index (χ3v) is 5.04. The summed E-state index contributed by atoms with van der Waals surface area (Å²) in [7, 11) is 0. The van der Waals surface area contributed by atoms with Crippen LogP contribution in [0.15, 0.2) is 6.07 Å². The molecule has 1 amide bonds. The molecule has 0 bridgehead atoms. The predicted molar refractivity (Wildman–Crippen MR) is 79.3 cm³/mol. The van der Waals surface area contributed by atoms with Crippen molar-refractivity contribution in [1.82, 2.24) is 5.32 Å². The zero-order valence-corrected chi connectivity index (χ0v) is 12.8. The van der Waals surface area contributed by atoms with Gasteiger partial charge in [0.15, 0.2) is 0 Å². The van der Waals surface area contributed by atoms with E-state index in [2.05, 4.69) is 19.2 Å². The Kier molecular flexibility index (Phi) is 4.81. The van der Waals surface area contributed by atoms with E-state index in [4.69, 9.17) is 5.11 Å². The van der Waals surface area contributed by atoms with Crippen molar-refractivity contribution in [2.45, 2.75) is 52.0 Å². The largest absolute Gasteiger partial charge is 0.481 e. The molecule has 2 rings (SSSR count). The molecule has 20 heavy (non-hydrogen) atoms. The summed E-state index contributed by atoms with van der Waals surface area (Å²) >= 11 is 1.57. The molecule has 1 aliphatic carbocycles. The standard InChI is InChI=1S/C15H21NO3S/c1-3-5-12-9(4-2)8-13(20-12)14(17)16-11-6-10(7-11)15(18)19/h8,10-11H,3-7H2,1-2H3,(H,16,17)(H,18,19). The molecule has 0 radical (unpaired) electrons. The predicted octanol–water partition coefficient (Wildman–Crippen LogP) is 2.86. The molecule has 1 fully saturated rings. The minimum atomic E-state index is -0.759. The van der Waals surface area contributed by atoms with Crippen LogP contribution in [0.3, 0.4) is 0 Å². The van der Waals surface area contributed by atoms with Crippen LogP contribution in [0, 0.1) is 5.92 Å². The number of carboxylic acid groups (broad SMARTS) is 1. The number of hydrogen-bond acceptors (Lipinski definition) is 3. The topological polar surface area (TPSA) is 66.4 Å². The van der Waals surface area contributed by atoms with Gasteiger partial charge >= 0.3 is 5.97 Å². The molecule has 1 aromatic rings. The normalized spacial score (nSPS) is 21.3. The van der Waals surface area contributed by atoms with Gasteiger partial charge in [-0.1, -0.05) is 20.3 Å². The molecule has 2 N–H and O–H groups in total. The number of carboxylic acids is 1. The summed E-state index contributed by atoms with van der Waals surface area (Å²) in [5.74, 6) is -1.10. The van der Waals surface area contributed by atoms with E-state index in [-0.39, 0.29) is 17.9 Å². The Morgan fingerprint density at radius 3 is 2.65 bits per heavy atom. The molecule has 1 heterocycles. The zero-order chi connectivity index (χ0) is 14.7. The maximum Gasteiger partial charge on any atom is 0.306 e. The Labute approximate surface area is 123 Å². The molecule has 1 aromatic heterocycles. The van der Waals surface area contributed by atoms with Crippen LogP contribution in [0.5, 0.6) is 0 Å². The fourth-order valence-electron chi connectivity index (χ4n) is 2.51.